The van der Waals surface area contributed by atoms with E-state index in [2.05, 4.69) is 0 Å². The van der Waals surface area contributed by atoms with Crippen molar-refractivity contribution in [3.05, 3.63) is 28.5 Å². The van der Waals surface area contributed by atoms with Gasteiger partial charge in [0.25, 0.3) is 11.7 Å². The van der Waals surface area contributed by atoms with Crippen LogP contribution in [0.5, 0.6) is 0 Å². The number of rotatable bonds is 3. The summed E-state index contributed by atoms with van der Waals surface area (Å²) < 4.78 is 13.9. The molecule has 1 heterocycles. The summed E-state index contributed by atoms with van der Waals surface area (Å²) >= 11 is 5.82. The van der Waals surface area contributed by atoms with Crippen molar-refractivity contribution in [2.24, 2.45) is 5.41 Å². The number of hydrogen-bond acceptors (Lipinski definition) is 3. The van der Waals surface area contributed by atoms with E-state index in [0.717, 1.165) is 11.0 Å². The van der Waals surface area contributed by atoms with Crippen LogP contribution >= 0.6 is 11.6 Å². The molecule has 1 aliphatic heterocycles. The van der Waals surface area contributed by atoms with Crippen molar-refractivity contribution in [2.45, 2.75) is 13.8 Å². The highest BCUT2D eigenvalue weighted by atomic mass is 35.5. The van der Waals surface area contributed by atoms with Gasteiger partial charge in [0.05, 0.1) is 21.7 Å². The van der Waals surface area contributed by atoms with Gasteiger partial charge in [0.2, 0.25) is 0 Å². The number of ketones is 1. The summed E-state index contributed by atoms with van der Waals surface area (Å²) in [4.78, 5) is 35.7. The van der Waals surface area contributed by atoms with E-state index >= 15 is 0 Å². The predicted molar refractivity (Wildman–Crippen MR) is 69.5 cm³/mol. The molecular weight excluding hydrogens is 289 g/mol. The third kappa shape index (κ3) is 2.06. The first kappa shape index (κ1) is 14.5. The first-order valence-corrected chi connectivity index (χ1v) is 6.12. The quantitative estimate of drug-likeness (QED) is 0.868. The number of anilines is 1. The molecule has 7 heteroatoms. The molecule has 106 valence electrons. The minimum atomic E-state index is -1.33. The number of carbonyl (C=O) groups is 3. The first-order valence-electron chi connectivity index (χ1n) is 5.74. The molecule has 1 aromatic rings. The van der Waals surface area contributed by atoms with E-state index in [-0.39, 0.29) is 22.8 Å². The molecule has 0 bridgehead atoms. The molecule has 0 atom stereocenters. The van der Waals surface area contributed by atoms with Gasteiger partial charge in [-0.25, -0.2) is 4.39 Å². The summed E-state index contributed by atoms with van der Waals surface area (Å²) in [6.07, 6.45) is 0. The largest absolute Gasteiger partial charge is 0.481 e. The molecule has 0 saturated heterocycles. The number of aliphatic carboxylic acids is 1. The highest BCUT2D eigenvalue weighted by molar-refractivity contribution is 6.55. The Morgan fingerprint density at radius 3 is 2.55 bits per heavy atom. The zero-order chi connectivity index (χ0) is 15.2. The van der Waals surface area contributed by atoms with E-state index in [9.17, 15) is 18.8 Å². The highest BCUT2D eigenvalue weighted by Gasteiger charge is 2.43. The van der Waals surface area contributed by atoms with E-state index < -0.39 is 28.9 Å². The second kappa shape index (κ2) is 4.56. The van der Waals surface area contributed by atoms with Crippen LogP contribution in [-0.2, 0) is 9.59 Å². The Labute approximate surface area is 118 Å². The van der Waals surface area contributed by atoms with Crippen molar-refractivity contribution in [1.29, 1.82) is 0 Å². The molecular formula is C13H11ClFNO4. The number of halogens is 2. The highest BCUT2D eigenvalue weighted by Crippen LogP contribution is 2.38. The van der Waals surface area contributed by atoms with Crippen molar-refractivity contribution >= 4 is 34.9 Å². The SMILES string of the molecule is CC(C)(CN1C(=O)C(=O)c2c(Cl)ccc(F)c21)C(=O)O. The van der Waals surface area contributed by atoms with Gasteiger partial charge in [0.1, 0.15) is 5.82 Å². The Morgan fingerprint density at radius 2 is 2.00 bits per heavy atom. The van der Waals surface area contributed by atoms with Crippen LogP contribution in [0.4, 0.5) is 10.1 Å². The average Bonchev–Trinajstić information content (AvgIpc) is 2.59. The van der Waals surface area contributed by atoms with E-state index in [0.29, 0.717) is 0 Å². The Kier molecular flexibility index (Phi) is 3.29. The third-order valence-electron chi connectivity index (χ3n) is 3.15. The van der Waals surface area contributed by atoms with Crippen molar-refractivity contribution in [3.63, 3.8) is 0 Å². The number of amides is 1. The number of hydrogen-bond donors (Lipinski definition) is 1. The molecule has 1 aromatic carbocycles. The summed E-state index contributed by atoms with van der Waals surface area (Å²) in [5.74, 6) is -3.84. The van der Waals surface area contributed by atoms with Crippen LogP contribution in [0.15, 0.2) is 12.1 Å². The Morgan fingerprint density at radius 1 is 1.40 bits per heavy atom. The molecule has 1 aliphatic rings. The monoisotopic (exact) mass is 299 g/mol. The van der Waals surface area contributed by atoms with Gasteiger partial charge in [-0.1, -0.05) is 11.6 Å². The first-order chi connectivity index (χ1) is 9.16. The fourth-order valence-corrected chi connectivity index (χ4v) is 2.20. The van der Waals surface area contributed by atoms with Gasteiger partial charge in [-0.15, -0.1) is 0 Å². The number of nitrogens with zero attached hydrogens (tertiary/aromatic N) is 1. The molecule has 1 amide bonds. The van der Waals surface area contributed by atoms with E-state index in [1.807, 2.05) is 0 Å². The number of carboxylic acids is 1. The van der Waals surface area contributed by atoms with Gasteiger partial charge < -0.3 is 10.0 Å². The lowest BCUT2D eigenvalue weighted by atomic mass is 9.93. The molecule has 5 nitrogen and oxygen atoms in total. The minimum Gasteiger partial charge on any atom is -0.481 e. The topological polar surface area (TPSA) is 74.7 Å². The number of fused-ring (bicyclic) bond motifs is 1. The van der Waals surface area contributed by atoms with Gasteiger partial charge in [-0.3, -0.25) is 14.4 Å². The molecule has 0 radical (unpaired) electrons. The fraction of sp³-hybridized carbons (Fsp3) is 0.308. The van der Waals surface area contributed by atoms with Gasteiger partial charge in [0.15, 0.2) is 0 Å². The van der Waals surface area contributed by atoms with E-state index in [4.69, 9.17) is 16.7 Å². The van der Waals surface area contributed by atoms with Gasteiger partial charge in [0, 0.05) is 6.54 Å². The summed E-state index contributed by atoms with van der Waals surface area (Å²) in [6, 6.07) is 2.22. The number of Topliss-reactive ketones (excluding diaryl/α,β-unsaturated/α-hetero) is 1. The van der Waals surface area contributed by atoms with Gasteiger partial charge in [-0.05, 0) is 26.0 Å². The van der Waals surface area contributed by atoms with Crippen molar-refractivity contribution in [1.82, 2.24) is 0 Å². The normalized spacial score (nSPS) is 14.7. The lowest BCUT2D eigenvalue weighted by Gasteiger charge is -2.26. The Balaban J connectivity index is 2.54. The van der Waals surface area contributed by atoms with Gasteiger partial charge in [-0.2, -0.15) is 0 Å². The molecule has 2 rings (SSSR count). The fourth-order valence-electron chi connectivity index (χ4n) is 1.97. The van der Waals surface area contributed by atoms with E-state index in [1.165, 1.54) is 19.9 Å². The number of benzene rings is 1. The number of carbonyl (C=O) groups excluding carboxylic acids is 2. The summed E-state index contributed by atoms with van der Waals surface area (Å²) in [5, 5.41) is 9.05. The maximum Gasteiger partial charge on any atom is 0.310 e. The molecule has 1 N–H and O–H groups in total. The minimum absolute atomic E-state index is 0.0321. The van der Waals surface area contributed by atoms with E-state index in [1.54, 1.807) is 0 Å². The maximum atomic E-state index is 13.9. The third-order valence-corrected chi connectivity index (χ3v) is 3.46. The van der Waals surface area contributed by atoms with Crippen molar-refractivity contribution < 1.29 is 23.9 Å². The molecule has 0 fully saturated rings. The summed E-state index contributed by atoms with van der Waals surface area (Å²) in [7, 11) is 0. The average molecular weight is 300 g/mol. The predicted octanol–water partition coefficient (Wildman–Crippen LogP) is 2.12. The summed E-state index contributed by atoms with van der Waals surface area (Å²) in [5.41, 5.74) is -1.79. The molecule has 0 spiro atoms. The maximum absolute atomic E-state index is 13.9. The van der Waals surface area contributed by atoms with Gasteiger partial charge >= 0.3 is 5.97 Å². The van der Waals surface area contributed by atoms with Crippen molar-refractivity contribution in [2.75, 3.05) is 11.4 Å². The molecule has 0 saturated carbocycles. The lowest BCUT2D eigenvalue weighted by Crippen LogP contribution is -2.42. The molecule has 20 heavy (non-hydrogen) atoms. The Hall–Kier alpha value is -1.95. The van der Waals surface area contributed by atoms with Crippen LogP contribution < -0.4 is 4.90 Å². The van der Waals surface area contributed by atoms with Crippen LogP contribution in [0.1, 0.15) is 24.2 Å². The zero-order valence-corrected chi connectivity index (χ0v) is 11.5. The smallest absolute Gasteiger partial charge is 0.310 e. The van der Waals surface area contributed by atoms with Crippen molar-refractivity contribution in [3.8, 4) is 0 Å². The summed E-state index contributed by atoms with van der Waals surface area (Å²) in [6.45, 7) is 2.44. The van der Waals surface area contributed by atoms with Crippen LogP contribution in [0.3, 0.4) is 0 Å². The van der Waals surface area contributed by atoms with Crippen LogP contribution in [0, 0.1) is 11.2 Å². The van der Waals surface area contributed by atoms with Crippen LogP contribution in [-0.4, -0.2) is 29.3 Å². The molecule has 0 aromatic heterocycles. The molecule has 0 aliphatic carbocycles. The lowest BCUT2D eigenvalue weighted by molar-refractivity contribution is -0.146. The second-order valence-corrected chi connectivity index (χ2v) is 5.57. The Bertz CT molecular complexity index is 642. The zero-order valence-electron chi connectivity index (χ0n) is 10.7. The number of carboxylic acid groups (broad SMARTS) is 1. The van der Waals surface area contributed by atoms with Crippen LogP contribution in [0.25, 0.3) is 0 Å². The standard InChI is InChI=1S/C13H11ClFNO4/c1-13(2,12(19)20)5-16-9-7(15)4-3-6(14)8(9)10(17)11(16)18/h3-4H,5H2,1-2H3,(H,19,20). The second-order valence-electron chi connectivity index (χ2n) is 5.16. The van der Waals surface area contributed by atoms with Crippen LogP contribution in [0.2, 0.25) is 5.02 Å². The molecule has 0 unspecified atom stereocenters.